The Morgan fingerprint density at radius 2 is 2.32 bits per heavy atom. The van der Waals surface area contributed by atoms with Crippen LogP contribution in [-0.2, 0) is 14.3 Å². The maximum absolute atomic E-state index is 11.8. The molecule has 1 saturated heterocycles. The standard InChI is InChI=1S/C12H16N2O4S/c1-7(11-13-4-5-19-11)6-14-10(15)8-2-3-9(18-8)12(16)17/h4-5,7-9H,2-3,6H2,1H3,(H,14,15)(H,16,17). The van der Waals surface area contributed by atoms with E-state index in [4.69, 9.17) is 9.84 Å². The van der Waals surface area contributed by atoms with E-state index in [1.165, 1.54) is 0 Å². The molecule has 1 aromatic rings. The summed E-state index contributed by atoms with van der Waals surface area (Å²) in [5.41, 5.74) is 0. The van der Waals surface area contributed by atoms with Crippen molar-refractivity contribution in [1.29, 1.82) is 0 Å². The molecule has 3 atom stereocenters. The van der Waals surface area contributed by atoms with Gasteiger partial charge in [-0.3, -0.25) is 4.79 Å². The molecule has 1 amide bonds. The number of aliphatic carboxylic acids is 1. The maximum Gasteiger partial charge on any atom is 0.332 e. The molecule has 1 aliphatic rings. The average Bonchev–Trinajstić information content (AvgIpc) is 3.05. The summed E-state index contributed by atoms with van der Waals surface area (Å²) < 4.78 is 5.18. The molecule has 7 heteroatoms. The van der Waals surface area contributed by atoms with Crippen molar-refractivity contribution < 1.29 is 19.4 Å². The highest BCUT2D eigenvalue weighted by molar-refractivity contribution is 7.09. The van der Waals surface area contributed by atoms with Crippen LogP contribution in [0.25, 0.3) is 0 Å². The first-order chi connectivity index (χ1) is 9.08. The Morgan fingerprint density at radius 3 is 2.89 bits per heavy atom. The molecular formula is C12H16N2O4S. The largest absolute Gasteiger partial charge is 0.479 e. The molecule has 1 aromatic heterocycles. The number of hydrogen-bond acceptors (Lipinski definition) is 5. The molecule has 0 bridgehead atoms. The summed E-state index contributed by atoms with van der Waals surface area (Å²) in [6.45, 7) is 2.46. The number of ether oxygens (including phenoxy) is 1. The Bertz CT molecular complexity index is 449. The Labute approximate surface area is 114 Å². The molecule has 6 nitrogen and oxygen atoms in total. The summed E-state index contributed by atoms with van der Waals surface area (Å²) in [6.07, 6.45) is 1.07. The molecule has 0 aromatic carbocycles. The molecular weight excluding hydrogens is 268 g/mol. The van der Waals surface area contributed by atoms with Gasteiger partial charge < -0.3 is 15.2 Å². The van der Waals surface area contributed by atoms with Crippen LogP contribution in [0, 0.1) is 0 Å². The number of carboxylic acids is 1. The van der Waals surface area contributed by atoms with Gasteiger partial charge in [0.25, 0.3) is 0 Å². The number of carboxylic acid groups (broad SMARTS) is 1. The number of carbonyl (C=O) groups excluding carboxylic acids is 1. The minimum absolute atomic E-state index is 0.139. The van der Waals surface area contributed by atoms with Gasteiger partial charge in [-0.05, 0) is 12.8 Å². The van der Waals surface area contributed by atoms with Crippen LogP contribution in [0.4, 0.5) is 0 Å². The van der Waals surface area contributed by atoms with E-state index >= 15 is 0 Å². The van der Waals surface area contributed by atoms with Crippen LogP contribution in [0.3, 0.4) is 0 Å². The second kappa shape index (κ2) is 6.12. The molecule has 0 saturated carbocycles. The van der Waals surface area contributed by atoms with Crippen LogP contribution < -0.4 is 5.32 Å². The molecule has 0 spiro atoms. The fourth-order valence-electron chi connectivity index (χ4n) is 1.94. The first kappa shape index (κ1) is 14.0. The van der Waals surface area contributed by atoms with Crippen molar-refractivity contribution in [2.45, 2.75) is 37.9 Å². The summed E-state index contributed by atoms with van der Waals surface area (Å²) >= 11 is 1.55. The second-order valence-electron chi connectivity index (χ2n) is 4.55. The van der Waals surface area contributed by atoms with E-state index in [1.54, 1.807) is 17.5 Å². The van der Waals surface area contributed by atoms with Gasteiger partial charge >= 0.3 is 5.97 Å². The summed E-state index contributed by atoms with van der Waals surface area (Å²) in [4.78, 5) is 26.8. The third-order valence-electron chi connectivity index (χ3n) is 3.04. The van der Waals surface area contributed by atoms with Gasteiger partial charge in [-0.15, -0.1) is 11.3 Å². The van der Waals surface area contributed by atoms with Crippen LogP contribution >= 0.6 is 11.3 Å². The minimum Gasteiger partial charge on any atom is -0.479 e. The third kappa shape index (κ3) is 3.51. The maximum atomic E-state index is 11.8. The van der Waals surface area contributed by atoms with Gasteiger partial charge in [0.2, 0.25) is 5.91 Å². The molecule has 0 radical (unpaired) electrons. The van der Waals surface area contributed by atoms with E-state index in [9.17, 15) is 9.59 Å². The van der Waals surface area contributed by atoms with Crippen molar-refractivity contribution in [2.24, 2.45) is 0 Å². The fraction of sp³-hybridized carbons (Fsp3) is 0.583. The highest BCUT2D eigenvalue weighted by atomic mass is 32.1. The molecule has 104 valence electrons. The van der Waals surface area contributed by atoms with Crippen LogP contribution in [0.15, 0.2) is 11.6 Å². The first-order valence-corrected chi connectivity index (χ1v) is 7.01. The quantitative estimate of drug-likeness (QED) is 0.842. The summed E-state index contributed by atoms with van der Waals surface area (Å²) in [5.74, 6) is -1.11. The van der Waals surface area contributed by atoms with Gasteiger partial charge in [-0.25, -0.2) is 9.78 Å². The van der Waals surface area contributed by atoms with E-state index in [0.717, 1.165) is 5.01 Å². The lowest BCUT2D eigenvalue weighted by Crippen LogP contribution is -2.37. The van der Waals surface area contributed by atoms with E-state index in [0.29, 0.717) is 19.4 Å². The summed E-state index contributed by atoms with van der Waals surface area (Å²) in [7, 11) is 0. The van der Waals surface area contributed by atoms with Gasteiger partial charge in [0, 0.05) is 24.0 Å². The van der Waals surface area contributed by atoms with E-state index in [2.05, 4.69) is 10.3 Å². The Kier molecular flexibility index (Phi) is 4.49. The lowest BCUT2D eigenvalue weighted by molar-refractivity contribution is -0.151. The number of nitrogens with one attached hydrogen (secondary N) is 1. The Morgan fingerprint density at radius 1 is 1.58 bits per heavy atom. The smallest absolute Gasteiger partial charge is 0.332 e. The van der Waals surface area contributed by atoms with E-state index < -0.39 is 18.2 Å². The number of nitrogens with zero attached hydrogens (tertiary/aromatic N) is 1. The Balaban J connectivity index is 1.78. The van der Waals surface area contributed by atoms with Crippen molar-refractivity contribution in [3.8, 4) is 0 Å². The molecule has 0 aliphatic carbocycles. The molecule has 19 heavy (non-hydrogen) atoms. The predicted molar refractivity (Wildman–Crippen MR) is 69.1 cm³/mol. The monoisotopic (exact) mass is 284 g/mol. The molecule has 2 heterocycles. The normalized spacial score (nSPS) is 24.1. The van der Waals surface area contributed by atoms with Crippen LogP contribution in [-0.4, -0.2) is 40.7 Å². The van der Waals surface area contributed by atoms with Gasteiger partial charge in [0.05, 0.1) is 5.01 Å². The first-order valence-electron chi connectivity index (χ1n) is 6.13. The number of thiazole rings is 1. The SMILES string of the molecule is CC(CNC(=O)C1CCC(C(=O)O)O1)c1nccs1. The topological polar surface area (TPSA) is 88.5 Å². The van der Waals surface area contributed by atoms with E-state index in [-0.39, 0.29) is 11.8 Å². The number of amides is 1. The van der Waals surface area contributed by atoms with Crippen molar-refractivity contribution in [3.05, 3.63) is 16.6 Å². The number of rotatable bonds is 5. The van der Waals surface area contributed by atoms with Gasteiger partial charge in [-0.1, -0.05) is 6.92 Å². The highest BCUT2D eigenvalue weighted by Crippen LogP contribution is 2.21. The average molecular weight is 284 g/mol. The van der Waals surface area contributed by atoms with E-state index in [1.807, 2.05) is 12.3 Å². The summed E-state index contributed by atoms with van der Waals surface area (Å²) in [5, 5.41) is 14.4. The molecule has 1 fully saturated rings. The molecule has 3 unspecified atom stereocenters. The number of carbonyl (C=O) groups is 2. The van der Waals surface area contributed by atoms with Crippen molar-refractivity contribution in [2.75, 3.05) is 6.54 Å². The van der Waals surface area contributed by atoms with Crippen molar-refractivity contribution in [1.82, 2.24) is 10.3 Å². The van der Waals surface area contributed by atoms with Gasteiger partial charge in [0.15, 0.2) is 6.10 Å². The lowest BCUT2D eigenvalue weighted by Gasteiger charge is -2.14. The number of hydrogen-bond donors (Lipinski definition) is 2. The van der Waals surface area contributed by atoms with Gasteiger partial charge in [0.1, 0.15) is 6.10 Å². The summed E-state index contributed by atoms with van der Waals surface area (Å²) in [6, 6.07) is 0. The zero-order chi connectivity index (χ0) is 13.8. The molecule has 2 N–H and O–H groups in total. The molecule has 2 rings (SSSR count). The zero-order valence-corrected chi connectivity index (χ0v) is 11.4. The fourth-order valence-corrected chi connectivity index (χ4v) is 2.64. The van der Waals surface area contributed by atoms with Crippen molar-refractivity contribution >= 4 is 23.2 Å². The third-order valence-corrected chi connectivity index (χ3v) is 4.05. The van der Waals surface area contributed by atoms with Crippen LogP contribution in [0.2, 0.25) is 0 Å². The lowest BCUT2D eigenvalue weighted by atomic mass is 10.1. The van der Waals surface area contributed by atoms with Crippen molar-refractivity contribution in [3.63, 3.8) is 0 Å². The number of aromatic nitrogens is 1. The second-order valence-corrected chi connectivity index (χ2v) is 5.47. The molecule has 1 aliphatic heterocycles. The minimum atomic E-state index is -1.01. The predicted octanol–water partition coefficient (Wildman–Crippen LogP) is 0.995. The Hall–Kier alpha value is -1.47. The van der Waals surface area contributed by atoms with Crippen LogP contribution in [0.5, 0.6) is 0 Å². The zero-order valence-electron chi connectivity index (χ0n) is 10.5. The highest BCUT2D eigenvalue weighted by Gasteiger charge is 2.34. The van der Waals surface area contributed by atoms with Crippen LogP contribution in [0.1, 0.15) is 30.7 Å². The van der Waals surface area contributed by atoms with Gasteiger partial charge in [-0.2, -0.15) is 0 Å².